The van der Waals surface area contributed by atoms with Crippen LogP contribution in [0.3, 0.4) is 0 Å². The summed E-state index contributed by atoms with van der Waals surface area (Å²) in [6.45, 7) is 3.81. The zero-order valence-corrected chi connectivity index (χ0v) is 9.74. The maximum absolute atomic E-state index is 11.5. The first kappa shape index (κ1) is 11.2. The summed E-state index contributed by atoms with van der Waals surface area (Å²) in [5.41, 5.74) is 3.64. The van der Waals surface area contributed by atoms with Crippen molar-refractivity contribution in [3.63, 3.8) is 0 Å². The van der Waals surface area contributed by atoms with Crippen LogP contribution in [0.25, 0.3) is 11.1 Å². The van der Waals surface area contributed by atoms with Crippen molar-refractivity contribution in [3.05, 3.63) is 57.5 Å². The highest BCUT2D eigenvalue weighted by atomic mass is 16.1. The van der Waals surface area contributed by atoms with Crippen LogP contribution in [0, 0.1) is 25.2 Å². The van der Waals surface area contributed by atoms with Gasteiger partial charge in [0.25, 0.3) is 5.56 Å². The molecule has 3 nitrogen and oxygen atoms in total. The quantitative estimate of drug-likeness (QED) is 0.809. The molecule has 1 N–H and O–H groups in total. The number of hydrogen-bond donors (Lipinski definition) is 1. The minimum Gasteiger partial charge on any atom is -0.327 e. The van der Waals surface area contributed by atoms with Gasteiger partial charge in [0, 0.05) is 11.8 Å². The van der Waals surface area contributed by atoms with E-state index in [2.05, 4.69) is 4.98 Å². The van der Waals surface area contributed by atoms with Gasteiger partial charge in [-0.3, -0.25) is 4.79 Å². The number of aryl methyl sites for hydroxylation is 1. The number of aromatic amines is 1. The SMILES string of the molecule is Cc1ccccc1-c1c[nH]c(=O)c(C#N)c1C. The molecule has 0 radical (unpaired) electrons. The lowest BCUT2D eigenvalue weighted by Gasteiger charge is -2.09. The summed E-state index contributed by atoms with van der Waals surface area (Å²) in [4.78, 5) is 14.1. The monoisotopic (exact) mass is 224 g/mol. The number of rotatable bonds is 1. The van der Waals surface area contributed by atoms with E-state index in [0.29, 0.717) is 0 Å². The topological polar surface area (TPSA) is 56.6 Å². The van der Waals surface area contributed by atoms with Gasteiger partial charge in [-0.25, -0.2) is 0 Å². The van der Waals surface area contributed by atoms with Gasteiger partial charge in [0.1, 0.15) is 11.6 Å². The Kier molecular flexibility index (Phi) is 2.80. The van der Waals surface area contributed by atoms with Crippen LogP contribution < -0.4 is 5.56 Å². The molecule has 2 aromatic rings. The largest absolute Gasteiger partial charge is 0.327 e. The Morgan fingerprint density at radius 1 is 1.18 bits per heavy atom. The number of hydrogen-bond acceptors (Lipinski definition) is 2. The van der Waals surface area contributed by atoms with Gasteiger partial charge >= 0.3 is 0 Å². The predicted octanol–water partition coefficient (Wildman–Crippen LogP) is 2.53. The first-order valence-corrected chi connectivity index (χ1v) is 5.33. The fraction of sp³-hybridized carbons (Fsp3) is 0.143. The van der Waals surface area contributed by atoms with E-state index in [-0.39, 0.29) is 11.1 Å². The van der Waals surface area contributed by atoms with Gasteiger partial charge in [0.15, 0.2) is 0 Å². The molecule has 0 amide bonds. The molecule has 1 aromatic heterocycles. The smallest absolute Gasteiger partial charge is 0.266 e. The third-order valence-electron chi connectivity index (χ3n) is 2.90. The van der Waals surface area contributed by atoms with Crippen LogP contribution >= 0.6 is 0 Å². The molecule has 84 valence electrons. The Labute approximate surface area is 99.4 Å². The van der Waals surface area contributed by atoms with Crippen LogP contribution in [0.2, 0.25) is 0 Å². The molecule has 0 aliphatic rings. The molecule has 17 heavy (non-hydrogen) atoms. The van der Waals surface area contributed by atoms with Crippen molar-refractivity contribution in [2.75, 3.05) is 0 Å². The highest BCUT2D eigenvalue weighted by Gasteiger charge is 2.10. The summed E-state index contributed by atoms with van der Waals surface area (Å²) in [5, 5.41) is 8.97. The second-order valence-corrected chi connectivity index (χ2v) is 3.96. The van der Waals surface area contributed by atoms with E-state index in [1.54, 1.807) is 13.1 Å². The molecule has 2 rings (SSSR count). The Bertz CT molecular complexity index is 663. The molecular formula is C14H12N2O. The number of H-pyrrole nitrogens is 1. The van der Waals surface area contributed by atoms with Gasteiger partial charge in [0.2, 0.25) is 0 Å². The van der Waals surface area contributed by atoms with Gasteiger partial charge in [-0.05, 0) is 30.5 Å². The first-order chi connectivity index (χ1) is 8.15. The third kappa shape index (κ3) is 1.85. The van der Waals surface area contributed by atoms with Crippen molar-refractivity contribution in [2.24, 2.45) is 0 Å². The Hall–Kier alpha value is -2.34. The number of pyridine rings is 1. The minimum absolute atomic E-state index is 0.186. The van der Waals surface area contributed by atoms with Crippen LogP contribution in [-0.4, -0.2) is 4.98 Å². The van der Waals surface area contributed by atoms with Crippen LogP contribution in [0.4, 0.5) is 0 Å². The molecule has 0 spiro atoms. The highest BCUT2D eigenvalue weighted by Crippen LogP contribution is 2.25. The molecule has 0 saturated carbocycles. The summed E-state index contributed by atoms with van der Waals surface area (Å²) in [5.74, 6) is 0. The van der Waals surface area contributed by atoms with Crippen LogP contribution in [0.15, 0.2) is 35.3 Å². The average Bonchev–Trinajstić information content (AvgIpc) is 2.31. The van der Waals surface area contributed by atoms with E-state index in [1.165, 1.54) is 0 Å². The van der Waals surface area contributed by atoms with Crippen molar-refractivity contribution in [3.8, 4) is 17.2 Å². The van der Waals surface area contributed by atoms with Crippen molar-refractivity contribution < 1.29 is 0 Å². The molecule has 0 aliphatic heterocycles. The fourth-order valence-corrected chi connectivity index (χ4v) is 1.91. The summed E-state index contributed by atoms with van der Waals surface area (Å²) < 4.78 is 0. The molecule has 0 saturated heterocycles. The maximum Gasteiger partial charge on any atom is 0.266 e. The molecular weight excluding hydrogens is 212 g/mol. The lowest BCUT2D eigenvalue weighted by molar-refractivity contribution is 1.18. The van der Waals surface area contributed by atoms with Gasteiger partial charge < -0.3 is 4.98 Å². The molecule has 0 bridgehead atoms. The third-order valence-corrected chi connectivity index (χ3v) is 2.90. The molecule has 0 atom stereocenters. The number of nitriles is 1. The average molecular weight is 224 g/mol. The van der Waals surface area contributed by atoms with E-state index in [9.17, 15) is 4.79 Å². The van der Waals surface area contributed by atoms with Crippen LogP contribution in [0.5, 0.6) is 0 Å². The minimum atomic E-state index is -0.331. The summed E-state index contributed by atoms with van der Waals surface area (Å²) in [6, 6.07) is 9.85. The molecule has 0 aliphatic carbocycles. The Morgan fingerprint density at radius 3 is 2.53 bits per heavy atom. The normalized spacial score (nSPS) is 9.94. The molecule has 3 heteroatoms. The lowest BCUT2D eigenvalue weighted by atomic mass is 9.96. The van der Waals surface area contributed by atoms with Crippen molar-refractivity contribution >= 4 is 0 Å². The van der Waals surface area contributed by atoms with Gasteiger partial charge in [-0.1, -0.05) is 24.3 Å². The van der Waals surface area contributed by atoms with E-state index in [0.717, 1.165) is 22.3 Å². The molecule has 1 heterocycles. The van der Waals surface area contributed by atoms with E-state index in [1.807, 2.05) is 37.3 Å². The lowest BCUT2D eigenvalue weighted by Crippen LogP contribution is -2.12. The van der Waals surface area contributed by atoms with Crippen LogP contribution in [0.1, 0.15) is 16.7 Å². The number of aromatic nitrogens is 1. The van der Waals surface area contributed by atoms with E-state index in [4.69, 9.17) is 5.26 Å². The first-order valence-electron chi connectivity index (χ1n) is 5.33. The molecule has 0 fully saturated rings. The van der Waals surface area contributed by atoms with Crippen molar-refractivity contribution in [1.29, 1.82) is 5.26 Å². The van der Waals surface area contributed by atoms with Gasteiger partial charge in [-0.2, -0.15) is 5.26 Å². The number of nitrogens with one attached hydrogen (secondary N) is 1. The molecule has 1 aromatic carbocycles. The summed E-state index contributed by atoms with van der Waals surface area (Å²) in [6.07, 6.45) is 1.67. The van der Waals surface area contributed by atoms with Crippen LogP contribution in [-0.2, 0) is 0 Å². The highest BCUT2D eigenvalue weighted by molar-refractivity contribution is 5.71. The standard InChI is InChI=1S/C14H12N2O/c1-9-5-3-4-6-11(9)13-8-16-14(17)12(7-15)10(13)2/h3-6,8H,1-2H3,(H,16,17). The Morgan fingerprint density at radius 2 is 1.88 bits per heavy atom. The van der Waals surface area contributed by atoms with Crippen molar-refractivity contribution in [1.82, 2.24) is 4.98 Å². The second-order valence-electron chi connectivity index (χ2n) is 3.96. The maximum atomic E-state index is 11.5. The zero-order chi connectivity index (χ0) is 12.4. The van der Waals surface area contributed by atoms with Crippen molar-refractivity contribution in [2.45, 2.75) is 13.8 Å². The van der Waals surface area contributed by atoms with Gasteiger partial charge in [0.05, 0.1) is 0 Å². The summed E-state index contributed by atoms with van der Waals surface area (Å²) in [7, 11) is 0. The van der Waals surface area contributed by atoms with E-state index >= 15 is 0 Å². The zero-order valence-electron chi connectivity index (χ0n) is 9.74. The second kappa shape index (κ2) is 4.26. The summed E-state index contributed by atoms with van der Waals surface area (Å²) >= 11 is 0. The van der Waals surface area contributed by atoms with E-state index < -0.39 is 0 Å². The fourth-order valence-electron chi connectivity index (χ4n) is 1.91. The predicted molar refractivity (Wildman–Crippen MR) is 66.7 cm³/mol. The molecule has 0 unspecified atom stereocenters. The number of benzene rings is 1. The van der Waals surface area contributed by atoms with Gasteiger partial charge in [-0.15, -0.1) is 0 Å². The number of nitrogens with zero attached hydrogens (tertiary/aromatic N) is 1. The Balaban J connectivity index is 2.75.